The molecule has 2 aliphatic heterocycles. The average Bonchev–Trinajstić information content (AvgIpc) is 3.38. The monoisotopic (exact) mass is 450 g/mol. The highest BCUT2D eigenvalue weighted by Crippen LogP contribution is 2.30. The maximum absolute atomic E-state index is 12.9. The Balaban J connectivity index is 1.57. The smallest absolute Gasteiger partial charge is 0.252 e. The molecule has 1 saturated heterocycles. The molecule has 2 atom stereocenters. The number of aromatic nitrogens is 3. The number of hydrogen-bond donors (Lipinski definition) is 2. The molecule has 2 aromatic heterocycles. The lowest BCUT2D eigenvalue weighted by Gasteiger charge is -2.25. The van der Waals surface area contributed by atoms with E-state index in [1.807, 2.05) is 24.0 Å². The zero-order chi connectivity index (χ0) is 22.9. The third-order valence-electron chi connectivity index (χ3n) is 6.04. The maximum Gasteiger partial charge on any atom is 0.252 e. The van der Waals surface area contributed by atoms with Crippen LogP contribution in [-0.2, 0) is 9.53 Å². The van der Waals surface area contributed by atoms with Crippen LogP contribution in [-0.4, -0.2) is 76.8 Å². The van der Waals surface area contributed by atoms with Crippen molar-refractivity contribution in [3.8, 4) is 17.0 Å². The van der Waals surface area contributed by atoms with E-state index in [1.54, 1.807) is 36.1 Å². The van der Waals surface area contributed by atoms with Crippen molar-refractivity contribution in [1.82, 2.24) is 24.8 Å². The second-order valence-electron chi connectivity index (χ2n) is 8.07. The fourth-order valence-electron chi connectivity index (χ4n) is 4.43. The van der Waals surface area contributed by atoms with Crippen molar-refractivity contribution in [3.05, 3.63) is 42.2 Å². The van der Waals surface area contributed by atoms with Crippen molar-refractivity contribution < 1.29 is 19.1 Å². The highest BCUT2D eigenvalue weighted by molar-refractivity contribution is 5.97. The molecular formula is C23H26N6O4. The first-order valence-corrected chi connectivity index (χ1v) is 11.1. The number of fused-ring (bicyclic) bond motifs is 5. The van der Waals surface area contributed by atoms with Crippen LogP contribution in [0.4, 0.5) is 5.69 Å². The van der Waals surface area contributed by atoms with Crippen LogP contribution in [0.2, 0.25) is 0 Å². The zero-order valence-corrected chi connectivity index (χ0v) is 18.6. The Hall–Kier alpha value is -3.66. The maximum atomic E-state index is 12.9. The first-order valence-electron chi connectivity index (χ1n) is 11.1. The Labute approximate surface area is 190 Å². The molecule has 172 valence electrons. The Morgan fingerprint density at radius 1 is 1.36 bits per heavy atom. The number of amides is 2. The summed E-state index contributed by atoms with van der Waals surface area (Å²) in [5.41, 5.74) is 3.51. The second-order valence-corrected chi connectivity index (χ2v) is 8.07. The van der Waals surface area contributed by atoms with Gasteiger partial charge in [-0.25, -0.2) is 4.52 Å². The minimum atomic E-state index is -0.459. The summed E-state index contributed by atoms with van der Waals surface area (Å²) >= 11 is 0. The van der Waals surface area contributed by atoms with E-state index in [0.29, 0.717) is 49.8 Å². The molecule has 2 N–H and O–H groups in total. The SMILES string of the molecule is CCO[C@@H]1C[C@H]2COc3ccn4ncc(c4n3)-c3cc(cc(C(=O)NC)c3)NCCN2C1=O. The molecule has 33 heavy (non-hydrogen) atoms. The van der Waals surface area contributed by atoms with Crippen LogP contribution in [0.3, 0.4) is 0 Å². The summed E-state index contributed by atoms with van der Waals surface area (Å²) < 4.78 is 13.4. The molecule has 4 heterocycles. The minimum Gasteiger partial charge on any atom is -0.475 e. The molecule has 4 bridgehead atoms. The summed E-state index contributed by atoms with van der Waals surface area (Å²) in [7, 11) is 1.60. The predicted octanol–water partition coefficient (Wildman–Crippen LogP) is 1.57. The van der Waals surface area contributed by atoms with E-state index in [0.717, 1.165) is 16.8 Å². The molecule has 3 aromatic rings. The summed E-state index contributed by atoms with van der Waals surface area (Å²) in [4.78, 5) is 31.8. The van der Waals surface area contributed by atoms with E-state index in [9.17, 15) is 9.59 Å². The third kappa shape index (κ3) is 3.97. The van der Waals surface area contributed by atoms with E-state index in [-0.39, 0.29) is 17.9 Å². The van der Waals surface area contributed by atoms with Gasteiger partial charge in [0.1, 0.15) is 12.7 Å². The van der Waals surface area contributed by atoms with Crippen LogP contribution in [0.15, 0.2) is 36.7 Å². The van der Waals surface area contributed by atoms with Gasteiger partial charge in [-0.15, -0.1) is 0 Å². The number of anilines is 1. The van der Waals surface area contributed by atoms with Gasteiger partial charge in [0, 0.05) is 62.2 Å². The van der Waals surface area contributed by atoms with Crippen molar-refractivity contribution in [1.29, 1.82) is 0 Å². The number of carbonyl (C=O) groups excluding carboxylic acids is 2. The summed E-state index contributed by atoms with van der Waals surface area (Å²) in [6, 6.07) is 7.21. The standard InChI is InChI=1S/C23H26N6O4/c1-3-32-19-11-17-13-33-20-4-6-29-21(27-20)18(12-26-29)14-8-15(22(30)24-2)10-16(9-14)25-5-7-28(17)23(19)31/h4,6,8-10,12,17,19,25H,3,5,7,11,13H2,1-2H3,(H,24,30)/t17-,19+/m0/s1. The number of nitrogens with one attached hydrogen (secondary N) is 2. The lowest BCUT2D eigenvalue weighted by Crippen LogP contribution is -2.41. The van der Waals surface area contributed by atoms with E-state index in [4.69, 9.17) is 9.47 Å². The Morgan fingerprint density at radius 3 is 3.06 bits per heavy atom. The van der Waals surface area contributed by atoms with E-state index >= 15 is 0 Å². The highest BCUT2D eigenvalue weighted by Gasteiger charge is 2.40. The quantitative estimate of drug-likeness (QED) is 0.623. The molecule has 0 aliphatic carbocycles. The lowest BCUT2D eigenvalue weighted by atomic mass is 10.0. The summed E-state index contributed by atoms with van der Waals surface area (Å²) in [6.07, 6.45) is 3.63. The van der Waals surface area contributed by atoms with Gasteiger partial charge in [0.25, 0.3) is 11.8 Å². The molecule has 2 aliphatic rings. The first kappa shape index (κ1) is 21.2. The summed E-state index contributed by atoms with van der Waals surface area (Å²) in [5.74, 6) is 0.235. The number of nitrogens with zero attached hydrogens (tertiary/aromatic N) is 4. The molecule has 2 amide bonds. The van der Waals surface area contributed by atoms with Crippen LogP contribution >= 0.6 is 0 Å². The fraction of sp³-hybridized carbons (Fsp3) is 0.391. The molecule has 1 aromatic carbocycles. The van der Waals surface area contributed by atoms with Crippen LogP contribution in [0.5, 0.6) is 5.88 Å². The first-order chi connectivity index (χ1) is 16.1. The van der Waals surface area contributed by atoms with E-state index < -0.39 is 6.10 Å². The molecule has 10 heteroatoms. The van der Waals surface area contributed by atoms with Gasteiger partial charge in [0.05, 0.1) is 12.2 Å². The van der Waals surface area contributed by atoms with Crippen molar-refractivity contribution in [2.75, 3.05) is 38.7 Å². The second kappa shape index (κ2) is 8.70. The fourth-order valence-corrected chi connectivity index (χ4v) is 4.43. The molecule has 5 rings (SSSR count). The van der Waals surface area contributed by atoms with E-state index in [2.05, 4.69) is 20.7 Å². The van der Waals surface area contributed by atoms with Gasteiger partial charge >= 0.3 is 0 Å². The lowest BCUT2D eigenvalue weighted by molar-refractivity contribution is -0.137. The van der Waals surface area contributed by atoms with Gasteiger partial charge in [-0.3, -0.25) is 9.59 Å². The largest absolute Gasteiger partial charge is 0.475 e. The van der Waals surface area contributed by atoms with E-state index in [1.165, 1.54) is 0 Å². The normalized spacial score (nSPS) is 20.2. The third-order valence-corrected chi connectivity index (χ3v) is 6.04. The van der Waals surface area contributed by atoms with Crippen molar-refractivity contribution >= 4 is 23.1 Å². The van der Waals surface area contributed by atoms with Gasteiger partial charge in [0.15, 0.2) is 5.65 Å². The molecule has 0 unspecified atom stereocenters. The van der Waals surface area contributed by atoms with Crippen LogP contribution < -0.4 is 15.4 Å². The molecule has 0 radical (unpaired) electrons. The van der Waals surface area contributed by atoms with Crippen molar-refractivity contribution in [2.45, 2.75) is 25.5 Å². The number of carbonyl (C=O) groups is 2. The number of benzene rings is 1. The van der Waals surface area contributed by atoms with Gasteiger partial charge in [0.2, 0.25) is 5.88 Å². The van der Waals surface area contributed by atoms with Gasteiger partial charge in [-0.2, -0.15) is 10.1 Å². The number of hydrogen-bond acceptors (Lipinski definition) is 7. The molecule has 10 nitrogen and oxygen atoms in total. The summed E-state index contributed by atoms with van der Waals surface area (Å²) in [5, 5.41) is 10.4. The van der Waals surface area contributed by atoms with Crippen molar-refractivity contribution in [3.63, 3.8) is 0 Å². The summed E-state index contributed by atoms with van der Waals surface area (Å²) in [6.45, 7) is 3.70. The van der Waals surface area contributed by atoms with Crippen LogP contribution in [0.25, 0.3) is 16.8 Å². The van der Waals surface area contributed by atoms with Gasteiger partial charge in [-0.1, -0.05) is 0 Å². The number of rotatable bonds is 3. The predicted molar refractivity (Wildman–Crippen MR) is 121 cm³/mol. The van der Waals surface area contributed by atoms with Gasteiger partial charge < -0.3 is 25.0 Å². The highest BCUT2D eigenvalue weighted by atomic mass is 16.5. The topological polar surface area (TPSA) is 110 Å². The van der Waals surface area contributed by atoms with Crippen molar-refractivity contribution in [2.24, 2.45) is 0 Å². The Morgan fingerprint density at radius 2 is 2.24 bits per heavy atom. The van der Waals surface area contributed by atoms with Gasteiger partial charge in [-0.05, 0) is 30.7 Å². The molecule has 0 saturated carbocycles. The zero-order valence-electron chi connectivity index (χ0n) is 18.6. The minimum absolute atomic E-state index is 0.0272. The Bertz CT molecular complexity index is 1210. The number of ether oxygens (including phenoxy) is 2. The van der Waals surface area contributed by atoms with Crippen LogP contribution in [0.1, 0.15) is 23.7 Å². The molecular weight excluding hydrogens is 424 g/mol. The molecule has 0 spiro atoms. The Kier molecular flexibility index (Phi) is 5.59. The van der Waals surface area contributed by atoms with Crippen LogP contribution in [0, 0.1) is 0 Å². The average molecular weight is 450 g/mol. The molecule has 1 fully saturated rings.